The molecule has 1 amide bonds. The molecular formula is C18H18FNO3. The molecule has 0 saturated heterocycles. The van der Waals surface area contributed by atoms with Crippen molar-refractivity contribution < 1.29 is 18.7 Å². The molecule has 23 heavy (non-hydrogen) atoms. The zero-order valence-electron chi connectivity index (χ0n) is 13.2. The summed E-state index contributed by atoms with van der Waals surface area (Å²) in [5.74, 6) is -1.89. The largest absolute Gasteiger partial charge is 0.444 e. The summed E-state index contributed by atoms with van der Waals surface area (Å²) in [6.07, 6.45) is -1.26. The van der Waals surface area contributed by atoms with Crippen LogP contribution in [0.2, 0.25) is 0 Å². The van der Waals surface area contributed by atoms with Crippen LogP contribution in [0.4, 0.5) is 4.39 Å². The number of benzene rings is 2. The number of aryl methyl sites for hydroxylation is 3. The molecule has 0 bridgehead atoms. The van der Waals surface area contributed by atoms with Gasteiger partial charge >= 0.3 is 5.97 Å². The van der Waals surface area contributed by atoms with Gasteiger partial charge < -0.3 is 10.5 Å². The molecule has 0 aliphatic carbocycles. The fraction of sp³-hybridized carbons (Fsp3) is 0.222. The summed E-state index contributed by atoms with van der Waals surface area (Å²) in [4.78, 5) is 24.1. The number of rotatable bonds is 4. The van der Waals surface area contributed by atoms with Crippen molar-refractivity contribution in [3.8, 4) is 0 Å². The SMILES string of the molecule is Cc1cc(C)c(C(=O)OC(C(N)=O)c2ccc(F)cc2)c(C)c1. The number of amides is 1. The minimum atomic E-state index is -1.26. The summed E-state index contributed by atoms with van der Waals surface area (Å²) in [5, 5.41) is 0. The molecule has 1 unspecified atom stereocenters. The average molecular weight is 315 g/mol. The zero-order chi connectivity index (χ0) is 17.1. The first-order valence-corrected chi connectivity index (χ1v) is 7.13. The van der Waals surface area contributed by atoms with Crippen LogP contribution in [-0.4, -0.2) is 11.9 Å². The normalized spacial score (nSPS) is 11.8. The van der Waals surface area contributed by atoms with Gasteiger partial charge in [-0.05, 0) is 44.0 Å². The molecule has 0 aliphatic rings. The van der Waals surface area contributed by atoms with E-state index in [1.807, 2.05) is 19.1 Å². The number of halogens is 1. The van der Waals surface area contributed by atoms with E-state index >= 15 is 0 Å². The van der Waals surface area contributed by atoms with E-state index in [4.69, 9.17) is 10.5 Å². The van der Waals surface area contributed by atoms with Gasteiger partial charge in [-0.2, -0.15) is 0 Å². The van der Waals surface area contributed by atoms with Crippen LogP contribution in [0.1, 0.15) is 38.7 Å². The van der Waals surface area contributed by atoms with Gasteiger partial charge in [-0.25, -0.2) is 9.18 Å². The summed E-state index contributed by atoms with van der Waals surface area (Å²) in [6, 6.07) is 8.82. The van der Waals surface area contributed by atoms with Crippen LogP contribution in [0.5, 0.6) is 0 Å². The average Bonchev–Trinajstić information content (AvgIpc) is 2.44. The Balaban J connectivity index is 2.32. The lowest BCUT2D eigenvalue weighted by Gasteiger charge is -2.17. The smallest absolute Gasteiger partial charge is 0.339 e. The van der Waals surface area contributed by atoms with Crippen molar-refractivity contribution in [2.75, 3.05) is 0 Å². The summed E-state index contributed by atoms with van der Waals surface area (Å²) in [6.45, 7) is 5.53. The Hall–Kier alpha value is -2.69. The van der Waals surface area contributed by atoms with Crippen molar-refractivity contribution in [3.05, 3.63) is 70.0 Å². The van der Waals surface area contributed by atoms with Gasteiger partial charge in [0.15, 0.2) is 0 Å². The number of primary amides is 1. The molecule has 0 spiro atoms. The number of nitrogens with two attached hydrogens (primary N) is 1. The first kappa shape index (κ1) is 16.7. The highest BCUT2D eigenvalue weighted by atomic mass is 19.1. The monoisotopic (exact) mass is 315 g/mol. The van der Waals surface area contributed by atoms with E-state index in [1.54, 1.807) is 13.8 Å². The Morgan fingerprint density at radius 3 is 2.04 bits per heavy atom. The third-order valence-electron chi connectivity index (χ3n) is 3.54. The molecule has 1 atom stereocenters. The van der Waals surface area contributed by atoms with E-state index in [0.717, 1.165) is 16.7 Å². The zero-order valence-corrected chi connectivity index (χ0v) is 13.2. The highest BCUT2D eigenvalue weighted by Gasteiger charge is 2.25. The van der Waals surface area contributed by atoms with Crippen LogP contribution in [-0.2, 0) is 9.53 Å². The Labute approximate surface area is 134 Å². The van der Waals surface area contributed by atoms with Crippen LogP contribution >= 0.6 is 0 Å². The van der Waals surface area contributed by atoms with Crippen molar-refractivity contribution in [1.29, 1.82) is 0 Å². The van der Waals surface area contributed by atoms with Crippen molar-refractivity contribution in [3.63, 3.8) is 0 Å². The summed E-state index contributed by atoms with van der Waals surface area (Å²) in [5.41, 5.74) is 8.61. The summed E-state index contributed by atoms with van der Waals surface area (Å²) in [7, 11) is 0. The Kier molecular flexibility index (Phi) is 4.79. The standard InChI is InChI=1S/C18H18FNO3/c1-10-8-11(2)15(12(3)9-10)18(22)23-16(17(20)21)13-4-6-14(19)7-5-13/h4-9,16H,1-3H3,(H2,20,21). The third kappa shape index (κ3) is 3.74. The number of carbonyl (C=O) groups excluding carboxylic acids is 2. The van der Waals surface area contributed by atoms with Crippen LogP contribution in [0, 0.1) is 26.6 Å². The Bertz CT molecular complexity index is 730. The van der Waals surface area contributed by atoms with Gasteiger partial charge in [0.2, 0.25) is 6.10 Å². The molecule has 0 fully saturated rings. The number of ether oxygens (including phenoxy) is 1. The van der Waals surface area contributed by atoms with Gasteiger partial charge in [0.05, 0.1) is 5.56 Å². The number of hydrogen-bond acceptors (Lipinski definition) is 3. The molecule has 2 aromatic carbocycles. The van der Waals surface area contributed by atoms with Gasteiger partial charge in [-0.3, -0.25) is 4.79 Å². The topological polar surface area (TPSA) is 69.4 Å². The Morgan fingerprint density at radius 1 is 1.04 bits per heavy atom. The molecular weight excluding hydrogens is 297 g/mol. The minimum absolute atomic E-state index is 0.328. The van der Waals surface area contributed by atoms with Crippen LogP contribution in [0.25, 0.3) is 0 Å². The molecule has 0 heterocycles. The van der Waals surface area contributed by atoms with Crippen LogP contribution < -0.4 is 5.73 Å². The maximum absolute atomic E-state index is 13.0. The summed E-state index contributed by atoms with van der Waals surface area (Å²) >= 11 is 0. The molecule has 120 valence electrons. The van der Waals surface area contributed by atoms with E-state index in [9.17, 15) is 14.0 Å². The third-order valence-corrected chi connectivity index (χ3v) is 3.54. The highest BCUT2D eigenvalue weighted by Crippen LogP contribution is 2.23. The lowest BCUT2D eigenvalue weighted by Crippen LogP contribution is -2.26. The van der Waals surface area contributed by atoms with Crippen molar-refractivity contribution >= 4 is 11.9 Å². The van der Waals surface area contributed by atoms with E-state index in [2.05, 4.69) is 0 Å². The molecule has 2 aromatic rings. The van der Waals surface area contributed by atoms with Crippen LogP contribution in [0.3, 0.4) is 0 Å². The molecule has 0 saturated carbocycles. The van der Waals surface area contributed by atoms with E-state index < -0.39 is 23.8 Å². The van der Waals surface area contributed by atoms with Crippen molar-refractivity contribution in [1.82, 2.24) is 0 Å². The van der Waals surface area contributed by atoms with Gasteiger partial charge in [-0.1, -0.05) is 29.8 Å². The van der Waals surface area contributed by atoms with Gasteiger partial charge in [0.25, 0.3) is 5.91 Å². The second-order valence-electron chi connectivity index (χ2n) is 5.51. The highest BCUT2D eigenvalue weighted by molar-refractivity contribution is 5.95. The van der Waals surface area contributed by atoms with Crippen LogP contribution in [0.15, 0.2) is 36.4 Å². The lowest BCUT2D eigenvalue weighted by molar-refractivity contribution is -0.127. The number of hydrogen-bond donors (Lipinski definition) is 1. The Morgan fingerprint density at radius 2 is 1.57 bits per heavy atom. The maximum Gasteiger partial charge on any atom is 0.339 e. The van der Waals surface area contributed by atoms with E-state index in [1.165, 1.54) is 24.3 Å². The number of esters is 1. The fourth-order valence-electron chi connectivity index (χ4n) is 2.60. The van der Waals surface area contributed by atoms with E-state index in [-0.39, 0.29) is 0 Å². The first-order chi connectivity index (χ1) is 10.8. The summed E-state index contributed by atoms with van der Waals surface area (Å²) < 4.78 is 18.3. The molecule has 0 radical (unpaired) electrons. The predicted molar refractivity (Wildman–Crippen MR) is 84.4 cm³/mol. The van der Waals surface area contributed by atoms with Gasteiger partial charge in [0.1, 0.15) is 5.82 Å². The molecule has 0 aliphatic heterocycles. The fourth-order valence-corrected chi connectivity index (χ4v) is 2.60. The van der Waals surface area contributed by atoms with Gasteiger partial charge in [-0.15, -0.1) is 0 Å². The quantitative estimate of drug-likeness (QED) is 0.881. The second-order valence-corrected chi connectivity index (χ2v) is 5.51. The predicted octanol–water partition coefficient (Wildman–Crippen LogP) is 3.13. The lowest BCUT2D eigenvalue weighted by atomic mass is 10.00. The number of carbonyl (C=O) groups is 2. The second kappa shape index (κ2) is 6.60. The van der Waals surface area contributed by atoms with E-state index in [0.29, 0.717) is 11.1 Å². The van der Waals surface area contributed by atoms with Crippen molar-refractivity contribution in [2.24, 2.45) is 5.73 Å². The van der Waals surface area contributed by atoms with Gasteiger partial charge in [0, 0.05) is 5.56 Å². The minimum Gasteiger partial charge on any atom is -0.444 e. The van der Waals surface area contributed by atoms with Crippen molar-refractivity contribution in [2.45, 2.75) is 26.9 Å². The maximum atomic E-state index is 13.0. The molecule has 5 heteroatoms. The molecule has 2 rings (SSSR count). The molecule has 2 N–H and O–H groups in total. The molecule has 4 nitrogen and oxygen atoms in total. The molecule has 0 aromatic heterocycles. The first-order valence-electron chi connectivity index (χ1n) is 7.13.